The Morgan fingerprint density at radius 3 is 2.77 bits per heavy atom. The van der Waals surface area contributed by atoms with Crippen LogP contribution in [0.4, 0.5) is 17.1 Å². The quantitative estimate of drug-likeness (QED) is 0.264. The zero-order chi connectivity index (χ0) is 27.2. The maximum Gasteiger partial charge on any atom is 0.224 e. The number of nitrogens with zero attached hydrogens (tertiary/aromatic N) is 3. The summed E-state index contributed by atoms with van der Waals surface area (Å²) in [6, 6.07) is 16.7. The summed E-state index contributed by atoms with van der Waals surface area (Å²) in [5.41, 5.74) is 3.25. The third-order valence-electron chi connectivity index (χ3n) is 6.19. The predicted molar refractivity (Wildman–Crippen MR) is 149 cm³/mol. The molecule has 0 saturated carbocycles. The van der Waals surface area contributed by atoms with Gasteiger partial charge in [0.15, 0.2) is 0 Å². The van der Waals surface area contributed by atoms with Gasteiger partial charge in [0, 0.05) is 36.3 Å². The number of amides is 1. The lowest BCUT2D eigenvalue weighted by molar-refractivity contribution is -0.115. The van der Waals surface area contributed by atoms with Gasteiger partial charge in [0.1, 0.15) is 36.0 Å². The fraction of sp³-hybridized carbons (Fsp3) is 0.241. The lowest BCUT2D eigenvalue weighted by Gasteiger charge is -2.19. The standard InChI is InChI=1S/C29H26ClN5O4/c1-2-26(36)35-29-25(39-21-10-12-37-17-21)9-7-22-27(18(14-31)15-33-28(22)29)34-19-6-8-24(23(30)13-19)38-16-20-5-3-4-11-32-20/h3-9,11,13,15,21H,2,10,12,16-17H2,1H3,(H,33,34)(H,35,36). The zero-order valence-electron chi connectivity index (χ0n) is 21.2. The fourth-order valence-electron chi connectivity index (χ4n) is 4.17. The summed E-state index contributed by atoms with van der Waals surface area (Å²) >= 11 is 6.52. The average Bonchev–Trinajstić information content (AvgIpc) is 3.47. The normalized spacial score (nSPS) is 14.5. The number of aromatic nitrogens is 2. The van der Waals surface area contributed by atoms with Crippen LogP contribution in [0.5, 0.6) is 11.5 Å². The molecule has 0 spiro atoms. The predicted octanol–water partition coefficient (Wildman–Crippen LogP) is 5.99. The summed E-state index contributed by atoms with van der Waals surface area (Å²) in [4.78, 5) is 21.2. The minimum Gasteiger partial charge on any atom is -0.486 e. The molecule has 1 saturated heterocycles. The molecule has 0 bridgehead atoms. The Morgan fingerprint density at radius 2 is 2.05 bits per heavy atom. The van der Waals surface area contributed by atoms with Crippen LogP contribution in [0.2, 0.25) is 5.02 Å². The number of fused-ring (bicyclic) bond motifs is 1. The minimum atomic E-state index is -0.177. The monoisotopic (exact) mass is 543 g/mol. The van der Waals surface area contributed by atoms with E-state index in [2.05, 4.69) is 26.7 Å². The second-order valence-electron chi connectivity index (χ2n) is 8.88. The highest BCUT2D eigenvalue weighted by atomic mass is 35.5. The van der Waals surface area contributed by atoms with Gasteiger partial charge in [-0.3, -0.25) is 14.8 Å². The van der Waals surface area contributed by atoms with Gasteiger partial charge in [0.05, 0.1) is 40.7 Å². The maximum absolute atomic E-state index is 12.4. The Bertz CT molecular complexity index is 1530. The number of pyridine rings is 2. The minimum absolute atomic E-state index is 0.115. The van der Waals surface area contributed by atoms with E-state index in [0.29, 0.717) is 63.3 Å². The molecule has 0 aliphatic carbocycles. The number of anilines is 3. The van der Waals surface area contributed by atoms with Crippen molar-refractivity contribution in [2.24, 2.45) is 0 Å². The topological polar surface area (TPSA) is 118 Å². The van der Waals surface area contributed by atoms with E-state index in [0.717, 1.165) is 12.1 Å². The van der Waals surface area contributed by atoms with Crippen molar-refractivity contribution in [2.45, 2.75) is 32.5 Å². The number of benzene rings is 2. The molecule has 1 fully saturated rings. The second-order valence-corrected chi connectivity index (χ2v) is 9.29. The molecule has 9 nitrogen and oxygen atoms in total. The van der Waals surface area contributed by atoms with Crippen molar-refractivity contribution in [3.8, 4) is 17.6 Å². The van der Waals surface area contributed by atoms with Crippen LogP contribution in [0.1, 0.15) is 31.0 Å². The molecule has 5 rings (SSSR count). The van der Waals surface area contributed by atoms with Gasteiger partial charge in [-0.1, -0.05) is 24.6 Å². The molecular formula is C29H26ClN5O4. The molecule has 39 heavy (non-hydrogen) atoms. The van der Waals surface area contributed by atoms with E-state index in [-0.39, 0.29) is 25.0 Å². The number of nitriles is 1. The van der Waals surface area contributed by atoms with Crippen LogP contribution >= 0.6 is 11.6 Å². The lowest BCUT2D eigenvalue weighted by atomic mass is 10.1. The van der Waals surface area contributed by atoms with E-state index in [1.54, 1.807) is 31.3 Å². The van der Waals surface area contributed by atoms with Gasteiger partial charge in [-0.15, -0.1) is 0 Å². The molecule has 198 valence electrons. The highest BCUT2D eigenvalue weighted by Crippen LogP contribution is 2.39. The van der Waals surface area contributed by atoms with E-state index in [1.165, 1.54) is 6.20 Å². The van der Waals surface area contributed by atoms with Gasteiger partial charge >= 0.3 is 0 Å². The van der Waals surface area contributed by atoms with Crippen LogP contribution in [-0.2, 0) is 16.1 Å². The number of hydrogen-bond acceptors (Lipinski definition) is 8. The number of carbonyl (C=O) groups is 1. The number of carbonyl (C=O) groups excluding carboxylic acids is 1. The SMILES string of the molecule is CCC(=O)Nc1c(OC2CCOC2)ccc2c(Nc3ccc(OCc4ccccn4)c(Cl)c3)c(C#N)cnc12. The van der Waals surface area contributed by atoms with Crippen molar-refractivity contribution in [3.63, 3.8) is 0 Å². The summed E-state index contributed by atoms with van der Waals surface area (Å²) < 4.78 is 17.4. The Balaban J connectivity index is 1.47. The molecule has 1 atom stereocenters. The first-order valence-electron chi connectivity index (χ1n) is 12.5. The van der Waals surface area contributed by atoms with Crippen LogP contribution in [-0.4, -0.2) is 35.2 Å². The first-order valence-corrected chi connectivity index (χ1v) is 12.9. The molecule has 0 radical (unpaired) electrons. The van der Waals surface area contributed by atoms with Crippen LogP contribution in [0, 0.1) is 11.3 Å². The van der Waals surface area contributed by atoms with Crippen LogP contribution in [0.25, 0.3) is 10.9 Å². The number of hydrogen-bond donors (Lipinski definition) is 2. The first-order chi connectivity index (χ1) is 19.1. The lowest BCUT2D eigenvalue weighted by Crippen LogP contribution is -2.18. The van der Waals surface area contributed by atoms with Gasteiger partial charge < -0.3 is 24.8 Å². The maximum atomic E-state index is 12.4. The number of rotatable bonds is 9. The Kier molecular flexibility index (Phi) is 8.06. The molecule has 4 aromatic rings. The number of ether oxygens (including phenoxy) is 3. The molecule has 1 unspecified atom stereocenters. The molecule has 2 aromatic carbocycles. The highest BCUT2D eigenvalue weighted by molar-refractivity contribution is 6.32. The van der Waals surface area contributed by atoms with Crippen molar-refractivity contribution in [2.75, 3.05) is 23.8 Å². The molecule has 10 heteroatoms. The first kappa shape index (κ1) is 26.2. The van der Waals surface area contributed by atoms with E-state index in [9.17, 15) is 10.1 Å². The van der Waals surface area contributed by atoms with Gasteiger partial charge in [-0.05, 0) is 42.5 Å². The number of nitrogens with one attached hydrogen (secondary N) is 2. The van der Waals surface area contributed by atoms with Crippen molar-refractivity contribution in [1.29, 1.82) is 5.26 Å². The van der Waals surface area contributed by atoms with Crippen LogP contribution < -0.4 is 20.1 Å². The third kappa shape index (κ3) is 6.03. The molecule has 2 aromatic heterocycles. The summed E-state index contributed by atoms with van der Waals surface area (Å²) in [5, 5.41) is 17.1. The smallest absolute Gasteiger partial charge is 0.224 e. The summed E-state index contributed by atoms with van der Waals surface area (Å²) in [7, 11) is 0. The summed E-state index contributed by atoms with van der Waals surface area (Å²) in [6.45, 7) is 3.16. The van der Waals surface area contributed by atoms with Crippen molar-refractivity contribution in [3.05, 3.63) is 77.2 Å². The van der Waals surface area contributed by atoms with E-state index < -0.39 is 0 Å². The number of halogens is 1. The van der Waals surface area contributed by atoms with Crippen LogP contribution in [0.15, 0.2) is 60.9 Å². The van der Waals surface area contributed by atoms with Crippen LogP contribution in [0.3, 0.4) is 0 Å². The van der Waals surface area contributed by atoms with Crippen molar-refractivity contribution < 1.29 is 19.0 Å². The van der Waals surface area contributed by atoms with Gasteiger partial charge in [-0.25, -0.2) is 0 Å². The third-order valence-corrected chi connectivity index (χ3v) is 6.49. The zero-order valence-corrected chi connectivity index (χ0v) is 22.0. The molecule has 1 aliphatic heterocycles. The molecule has 3 heterocycles. The van der Waals surface area contributed by atoms with Crippen molar-refractivity contribution in [1.82, 2.24) is 9.97 Å². The Hall–Kier alpha value is -4.39. The van der Waals surface area contributed by atoms with Gasteiger partial charge in [0.25, 0.3) is 0 Å². The Labute approximate surface area is 230 Å². The van der Waals surface area contributed by atoms with Gasteiger partial charge in [0.2, 0.25) is 5.91 Å². The fourth-order valence-corrected chi connectivity index (χ4v) is 4.41. The molecule has 2 N–H and O–H groups in total. The molecular weight excluding hydrogens is 518 g/mol. The van der Waals surface area contributed by atoms with Gasteiger partial charge in [-0.2, -0.15) is 5.26 Å². The average molecular weight is 544 g/mol. The summed E-state index contributed by atoms with van der Waals surface area (Å²) in [5.74, 6) is 0.833. The molecule has 1 amide bonds. The molecule has 1 aliphatic rings. The van der Waals surface area contributed by atoms with E-state index >= 15 is 0 Å². The van der Waals surface area contributed by atoms with E-state index in [1.807, 2.05) is 30.3 Å². The highest BCUT2D eigenvalue weighted by Gasteiger charge is 2.22. The second kappa shape index (κ2) is 12.0. The van der Waals surface area contributed by atoms with Crippen molar-refractivity contribution >= 4 is 45.5 Å². The largest absolute Gasteiger partial charge is 0.486 e. The van der Waals surface area contributed by atoms with E-state index in [4.69, 9.17) is 25.8 Å². The summed E-state index contributed by atoms with van der Waals surface area (Å²) in [6.07, 6.45) is 4.11. The Morgan fingerprint density at radius 1 is 1.18 bits per heavy atom.